The number of imidazole rings is 1. The van der Waals surface area contributed by atoms with Crippen molar-refractivity contribution in [3.63, 3.8) is 0 Å². The lowest BCUT2D eigenvalue weighted by Gasteiger charge is -2.35. The lowest BCUT2D eigenvalue weighted by Crippen LogP contribution is -2.52. The van der Waals surface area contributed by atoms with Crippen molar-refractivity contribution in [2.24, 2.45) is 0 Å². The number of piperazine rings is 1. The van der Waals surface area contributed by atoms with Crippen molar-refractivity contribution in [2.75, 3.05) is 42.5 Å². The van der Waals surface area contributed by atoms with Crippen LogP contribution in [0.4, 0.5) is 20.4 Å². The molecule has 1 N–H and O–H groups in total. The fourth-order valence-electron chi connectivity index (χ4n) is 8.17. The zero-order chi connectivity index (χ0) is 36.2. The van der Waals surface area contributed by atoms with Gasteiger partial charge in [-0.1, -0.05) is 18.2 Å². The van der Waals surface area contributed by atoms with Gasteiger partial charge in [-0.05, 0) is 78.9 Å². The summed E-state index contributed by atoms with van der Waals surface area (Å²) < 4.78 is 31.3. The first-order valence-corrected chi connectivity index (χ1v) is 18.1. The summed E-state index contributed by atoms with van der Waals surface area (Å²) in [5, 5.41) is 7.30. The molecule has 1 unspecified atom stereocenters. The average molecular weight is 718 g/mol. The van der Waals surface area contributed by atoms with Crippen LogP contribution in [0.5, 0.6) is 0 Å². The molecule has 53 heavy (non-hydrogen) atoms. The van der Waals surface area contributed by atoms with Crippen molar-refractivity contribution in [3.05, 3.63) is 107 Å². The number of nitrogens with zero attached hydrogens (tertiary/aromatic N) is 8. The van der Waals surface area contributed by atoms with Crippen LogP contribution in [0, 0.1) is 11.6 Å². The summed E-state index contributed by atoms with van der Waals surface area (Å²) in [7, 11) is 0. The molecular formula is C39H37F2N9O3. The number of imide groups is 1. The minimum atomic E-state index is -0.739. The van der Waals surface area contributed by atoms with Crippen LogP contribution in [0.1, 0.15) is 58.8 Å². The minimum absolute atomic E-state index is 0.0430. The maximum atomic E-state index is 15.4. The summed E-state index contributed by atoms with van der Waals surface area (Å²) in [5.41, 5.74) is 4.63. The molecule has 0 radical (unpaired) electrons. The molecule has 3 fully saturated rings. The number of benzene rings is 2. The molecule has 4 aliphatic rings. The molecule has 0 spiro atoms. The molecule has 2 aromatic carbocycles. The SMILES string of the molecule is O=C1CCC(N2Cc3cc(CN4CCN(c5cccc(-c6cnc7ccc(N8CCC[C@@H]8c8cccc(F)c8)nn67)n5)CC4)c(F)cc3C2=O)C(=O)N1. The topological polar surface area (TPSA) is 119 Å². The zero-order valence-electron chi connectivity index (χ0n) is 28.9. The Hall–Kier alpha value is -5.76. The van der Waals surface area contributed by atoms with Crippen LogP contribution >= 0.6 is 0 Å². The maximum Gasteiger partial charge on any atom is 0.255 e. The average Bonchev–Trinajstić information content (AvgIpc) is 3.90. The highest BCUT2D eigenvalue weighted by molar-refractivity contribution is 6.05. The lowest BCUT2D eigenvalue weighted by atomic mass is 10.0. The Morgan fingerprint density at radius 2 is 1.68 bits per heavy atom. The molecule has 9 rings (SSSR count). The van der Waals surface area contributed by atoms with Crippen LogP contribution in [0.15, 0.2) is 72.9 Å². The number of rotatable bonds is 7. The van der Waals surface area contributed by atoms with E-state index in [1.807, 2.05) is 40.9 Å². The quantitative estimate of drug-likeness (QED) is 0.243. The van der Waals surface area contributed by atoms with Gasteiger partial charge in [0.25, 0.3) is 5.91 Å². The van der Waals surface area contributed by atoms with Crippen LogP contribution in [-0.4, -0.2) is 85.9 Å². The molecule has 4 aliphatic heterocycles. The largest absolute Gasteiger partial charge is 0.354 e. The van der Waals surface area contributed by atoms with Gasteiger partial charge in [0.05, 0.1) is 17.9 Å². The van der Waals surface area contributed by atoms with Crippen LogP contribution in [-0.2, 0) is 22.7 Å². The molecule has 5 aromatic rings. The van der Waals surface area contributed by atoms with E-state index in [2.05, 4.69) is 25.0 Å². The number of nitrogens with one attached hydrogen (secondary N) is 1. The number of anilines is 2. The first kappa shape index (κ1) is 33.1. The van der Waals surface area contributed by atoms with Gasteiger partial charge >= 0.3 is 0 Å². The number of hydrogen-bond acceptors (Lipinski definition) is 9. The summed E-state index contributed by atoms with van der Waals surface area (Å²) in [4.78, 5) is 54.8. The van der Waals surface area contributed by atoms with Crippen LogP contribution in [0.25, 0.3) is 17.0 Å². The third-order valence-corrected chi connectivity index (χ3v) is 10.9. The first-order chi connectivity index (χ1) is 25.8. The predicted molar refractivity (Wildman–Crippen MR) is 192 cm³/mol. The maximum absolute atomic E-state index is 15.4. The van der Waals surface area contributed by atoms with Crippen molar-refractivity contribution in [3.8, 4) is 11.4 Å². The summed E-state index contributed by atoms with van der Waals surface area (Å²) >= 11 is 0. The Morgan fingerprint density at radius 1 is 0.830 bits per heavy atom. The Kier molecular flexibility index (Phi) is 8.33. The lowest BCUT2D eigenvalue weighted by molar-refractivity contribution is -0.136. The fraction of sp³-hybridized carbons (Fsp3) is 0.333. The van der Waals surface area contributed by atoms with E-state index in [1.165, 1.54) is 17.0 Å². The van der Waals surface area contributed by atoms with E-state index >= 15 is 4.39 Å². The molecule has 3 aromatic heterocycles. The Labute approximate surface area is 304 Å². The van der Waals surface area contributed by atoms with Crippen molar-refractivity contribution in [1.82, 2.24) is 34.7 Å². The van der Waals surface area contributed by atoms with E-state index in [1.54, 1.807) is 24.4 Å². The molecule has 7 heterocycles. The second-order valence-electron chi connectivity index (χ2n) is 14.2. The fourth-order valence-corrected chi connectivity index (χ4v) is 8.17. The van der Waals surface area contributed by atoms with Gasteiger partial charge in [-0.2, -0.15) is 0 Å². The molecule has 2 atom stereocenters. The van der Waals surface area contributed by atoms with Crippen LogP contribution in [0.2, 0.25) is 0 Å². The van der Waals surface area contributed by atoms with Gasteiger partial charge in [-0.3, -0.25) is 24.6 Å². The standard InChI is InChI=1S/C39H37F2N9O3/c40-27-5-1-4-24(19-27)31-7-3-13-48(31)36-11-10-34-42-21-33(50(34)45-36)30-6-2-8-35(43-30)47-16-14-46(15-17-47)22-26-18-25-23-49(39(53)28(25)20-29(26)41)32-9-12-37(51)44-38(32)52/h1-2,4-6,8,10-11,18-21,31-32H,3,7,9,12-17,22-23H2,(H,44,51,52)/t31-,32?/m1/s1. The monoisotopic (exact) mass is 717 g/mol. The highest BCUT2D eigenvalue weighted by Crippen LogP contribution is 2.36. The number of fused-ring (bicyclic) bond motifs is 2. The molecule has 3 amide bonds. The minimum Gasteiger partial charge on any atom is -0.354 e. The normalized spacial score (nSPS) is 20.8. The van der Waals surface area contributed by atoms with E-state index < -0.39 is 17.8 Å². The number of amides is 3. The summed E-state index contributed by atoms with van der Waals surface area (Å²) in [6.45, 7) is 4.18. The number of pyridine rings is 1. The molecule has 3 saturated heterocycles. The van der Waals surface area contributed by atoms with Crippen LogP contribution < -0.4 is 15.1 Å². The Morgan fingerprint density at radius 3 is 2.51 bits per heavy atom. The van der Waals surface area contributed by atoms with E-state index in [9.17, 15) is 18.8 Å². The van der Waals surface area contributed by atoms with Gasteiger partial charge in [-0.15, -0.1) is 5.10 Å². The summed E-state index contributed by atoms with van der Waals surface area (Å²) in [6.07, 6.45) is 4.12. The predicted octanol–water partition coefficient (Wildman–Crippen LogP) is 4.49. The van der Waals surface area contributed by atoms with Crippen molar-refractivity contribution in [1.29, 1.82) is 0 Å². The molecular weight excluding hydrogens is 680 g/mol. The van der Waals surface area contributed by atoms with Gasteiger partial charge in [0.2, 0.25) is 11.8 Å². The van der Waals surface area contributed by atoms with E-state index in [0.29, 0.717) is 49.5 Å². The molecule has 0 aliphatic carbocycles. The number of halogens is 2. The van der Waals surface area contributed by atoms with E-state index in [4.69, 9.17) is 10.1 Å². The van der Waals surface area contributed by atoms with Crippen molar-refractivity contribution >= 4 is 35.0 Å². The van der Waals surface area contributed by atoms with Crippen molar-refractivity contribution < 1.29 is 23.2 Å². The summed E-state index contributed by atoms with van der Waals surface area (Å²) in [5.74, 6) is -0.275. The molecule has 0 saturated carbocycles. The van der Waals surface area contributed by atoms with Crippen molar-refractivity contribution in [2.45, 2.75) is 50.9 Å². The zero-order valence-corrected chi connectivity index (χ0v) is 28.9. The molecule has 12 nitrogen and oxygen atoms in total. The van der Waals surface area contributed by atoms with Crippen LogP contribution in [0.3, 0.4) is 0 Å². The number of carbonyl (C=O) groups is 3. The summed E-state index contributed by atoms with van der Waals surface area (Å²) in [6, 6.07) is 19.0. The molecule has 0 bridgehead atoms. The highest BCUT2D eigenvalue weighted by Gasteiger charge is 2.39. The smallest absolute Gasteiger partial charge is 0.255 e. The number of hydrogen-bond donors (Lipinski definition) is 1. The number of piperidine rings is 1. The second kappa shape index (κ2) is 13.3. The van der Waals surface area contributed by atoms with Gasteiger partial charge in [-0.25, -0.2) is 23.3 Å². The Bertz CT molecular complexity index is 2270. The van der Waals surface area contributed by atoms with Gasteiger partial charge in [0.1, 0.15) is 35.0 Å². The number of aromatic nitrogens is 4. The third kappa shape index (κ3) is 6.16. The van der Waals surface area contributed by atoms with Gasteiger partial charge in [0.15, 0.2) is 5.65 Å². The Balaban J connectivity index is 0.874. The third-order valence-electron chi connectivity index (χ3n) is 10.9. The highest BCUT2D eigenvalue weighted by atomic mass is 19.1. The van der Waals surface area contributed by atoms with Gasteiger partial charge < -0.3 is 14.7 Å². The first-order valence-electron chi connectivity index (χ1n) is 18.1. The molecule has 270 valence electrons. The van der Waals surface area contributed by atoms with E-state index in [-0.39, 0.29) is 48.6 Å². The number of carbonyl (C=O) groups excluding carboxylic acids is 3. The van der Waals surface area contributed by atoms with E-state index in [0.717, 1.165) is 48.0 Å². The molecule has 14 heteroatoms. The second-order valence-corrected chi connectivity index (χ2v) is 14.2. The van der Waals surface area contributed by atoms with Gasteiger partial charge in [0, 0.05) is 63.4 Å².